The Morgan fingerprint density at radius 1 is 1.37 bits per heavy atom. The summed E-state index contributed by atoms with van der Waals surface area (Å²) in [7, 11) is -3.48. The average molecular weight is 292 g/mol. The summed E-state index contributed by atoms with van der Waals surface area (Å²) in [4.78, 5) is 10.8. The number of hydrogen-bond donors (Lipinski definition) is 2. The summed E-state index contributed by atoms with van der Waals surface area (Å²) in [5.74, 6) is -1.24. The van der Waals surface area contributed by atoms with E-state index >= 15 is 0 Å². The second-order valence-corrected chi connectivity index (χ2v) is 6.73. The van der Waals surface area contributed by atoms with Crippen LogP contribution in [0.4, 0.5) is 0 Å². The highest BCUT2D eigenvalue weighted by Crippen LogP contribution is 2.19. The van der Waals surface area contributed by atoms with Crippen molar-refractivity contribution in [3.63, 3.8) is 0 Å². The summed E-state index contributed by atoms with van der Waals surface area (Å²) in [6.45, 7) is 4.55. The van der Waals surface area contributed by atoms with Gasteiger partial charge < -0.3 is 5.11 Å². The first kappa shape index (κ1) is 16.4. The molecule has 1 unspecified atom stereocenters. The zero-order chi connectivity index (χ0) is 14.5. The fourth-order valence-electron chi connectivity index (χ4n) is 2.32. The lowest BCUT2D eigenvalue weighted by Gasteiger charge is -2.30. The maximum absolute atomic E-state index is 12.2. The van der Waals surface area contributed by atoms with Crippen LogP contribution >= 0.6 is 0 Å². The fourth-order valence-corrected chi connectivity index (χ4v) is 3.87. The first-order valence-electron chi connectivity index (χ1n) is 6.90. The predicted molar refractivity (Wildman–Crippen MR) is 73.0 cm³/mol. The van der Waals surface area contributed by atoms with Crippen molar-refractivity contribution in [2.45, 2.75) is 52.0 Å². The van der Waals surface area contributed by atoms with Crippen LogP contribution in [0.1, 0.15) is 46.0 Å². The molecule has 1 rings (SSSR count). The Balaban J connectivity index is 2.57. The van der Waals surface area contributed by atoms with Crippen LogP contribution in [-0.2, 0) is 15.0 Å². The van der Waals surface area contributed by atoms with Crippen LogP contribution in [-0.4, -0.2) is 42.9 Å². The standard InChI is InChI=1S/C12H24N2O4S/c1-3-5-11(4-2)13-19(17,18)14-8-6-10(7-9-14)12(15)16/h10-11,13H,3-9H2,1-2H3,(H,15,16). The molecule has 0 aromatic carbocycles. The molecule has 0 amide bonds. The second kappa shape index (κ2) is 7.21. The van der Waals surface area contributed by atoms with Gasteiger partial charge in [-0.15, -0.1) is 0 Å². The van der Waals surface area contributed by atoms with Crippen LogP contribution in [0.25, 0.3) is 0 Å². The molecule has 1 fully saturated rings. The van der Waals surface area contributed by atoms with E-state index in [2.05, 4.69) is 4.72 Å². The van der Waals surface area contributed by atoms with Crippen molar-refractivity contribution < 1.29 is 18.3 Å². The number of carboxylic acid groups (broad SMARTS) is 1. The Bertz CT molecular complexity index is 389. The average Bonchev–Trinajstić information content (AvgIpc) is 2.38. The number of hydrogen-bond acceptors (Lipinski definition) is 3. The van der Waals surface area contributed by atoms with Crippen LogP contribution in [0.2, 0.25) is 0 Å². The molecule has 1 aliphatic heterocycles. The van der Waals surface area contributed by atoms with Gasteiger partial charge in [-0.1, -0.05) is 20.3 Å². The molecule has 0 aliphatic carbocycles. The van der Waals surface area contributed by atoms with E-state index in [1.807, 2.05) is 13.8 Å². The van der Waals surface area contributed by atoms with Crippen LogP contribution < -0.4 is 4.72 Å². The minimum absolute atomic E-state index is 0.0350. The predicted octanol–water partition coefficient (Wildman–Crippen LogP) is 1.20. The molecule has 6 nitrogen and oxygen atoms in total. The molecule has 0 spiro atoms. The highest BCUT2D eigenvalue weighted by atomic mass is 32.2. The van der Waals surface area contributed by atoms with E-state index in [0.29, 0.717) is 12.8 Å². The van der Waals surface area contributed by atoms with Crippen LogP contribution in [0.15, 0.2) is 0 Å². The van der Waals surface area contributed by atoms with Crippen molar-refractivity contribution in [1.29, 1.82) is 0 Å². The lowest BCUT2D eigenvalue weighted by molar-refractivity contribution is -0.142. The Morgan fingerprint density at radius 2 is 1.95 bits per heavy atom. The topological polar surface area (TPSA) is 86.7 Å². The van der Waals surface area contributed by atoms with Gasteiger partial charge in [0.1, 0.15) is 0 Å². The van der Waals surface area contributed by atoms with Gasteiger partial charge in [0.25, 0.3) is 10.2 Å². The van der Waals surface area contributed by atoms with Crippen molar-refractivity contribution in [3.05, 3.63) is 0 Å². The zero-order valence-corrected chi connectivity index (χ0v) is 12.4. The van der Waals surface area contributed by atoms with Gasteiger partial charge in [-0.3, -0.25) is 4.79 Å². The fraction of sp³-hybridized carbons (Fsp3) is 0.917. The Morgan fingerprint density at radius 3 is 2.37 bits per heavy atom. The molecule has 1 saturated heterocycles. The van der Waals surface area contributed by atoms with Gasteiger partial charge in [0.15, 0.2) is 0 Å². The van der Waals surface area contributed by atoms with E-state index in [-0.39, 0.29) is 19.1 Å². The molecular formula is C12H24N2O4S. The van der Waals surface area contributed by atoms with Crippen molar-refractivity contribution in [3.8, 4) is 0 Å². The van der Waals surface area contributed by atoms with Crippen LogP contribution in [0, 0.1) is 5.92 Å². The van der Waals surface area contributed by atoms with Gasteiger partial charge in [0.2, 0.25) is 0 Å². The number of rotatable bonds is 7. The molecule has 112 valence electrons. The first-order chi connectivity index (χ1) is 8.90. The number of carboxylic acids is 1. The van der Waals surface area contributed by atoms with E-state index < -0.39 is 22.1 Å². The zero-order valence-electron chi connectivity index (χ0n) is 11.6. The summed E-state index contributed by atoms with van der Waals surface area (Å²) in [5.41, 5.74) is 0. The van der Waals surface area contributed by atoms with Crippen molar-refractivity contribution in [1.82, 2.24) is 9.03 Å². The molecule has 7 heteroatoms. The SMILES string of the molecule is CCCC(CC)NS(=O)(=O)N1CCC(C(=O)O)CC1. The molecule has 0 radical (unpaired) electrons. The Labute approximate surface area is 115 Å². The number of piperidine rings is 1. The minimum atomic E-state index is -3.48. The number of nitrogens with one attached hydrogen (secondary N) is 1. The van der Waals surface area contributed by atoms with Gasteiger partial charge >= 0.3 is 5.97 Å². The normalized spacial score (nSPS) is 20.3. The largest absolute Gasteiger partial charge is 0.481 e. The molecule has 0 aromatic rings. The molecular weight excluding hydrogens is 268 g/mol. The molecule has 2 N–H and O–H groups in total. The molecule has 0 aromatic heterocycles. The van der Waals surface area contributed by atoms with Gasteiger partial charge in [-0.25, -0.2) is 0 Å². The lowest BCUT2D eigenvalue weighted by atomic mass is 9.99. The molecule has 1 heterocycles. The van der Waals surface area contributed by atoms with E-state index in [4.69, 9.17) is 5.11 Å². The molecule has 0 saturated carbocycles. The maximum atomic E-state index is 12.2. The smallest absolute Gasteiger partial charge is 0.306 e. The monoisotopic (exact) mass is 292 g/mol. The molecule has 1 atom stereocenters. The van der Waals surface area contributed by atoms with Gasteiger partial charge in [-0.2, -0.15) is 17.4 Å². The first-order valence-corrected chi connectivity index (χ1v) is 8.34. The second-order valence-electron chi connectivity index (χ2n) is 5.03. The summed E-state index contributed by atoms with van der Waals surface area (Å²) in [5, 5.41) is 8.90. The Kier molecular flexibility index (Phi) is 6.22. The third-order valence-corrected chi connectivity index (χ3v) is 5.26. The van der Waals surface area contributed by atoms with Gasteiger partial charge in [-0.05, 0) is 25.7 Å². The summed E-state index contributed by atoms with van der Waals surface area (Å²) in [6, 6.07) is -0.0350. The lowest BCUT2D eigenvalue weighted by Crippen LogP contribution is -2.48. The number of aliphatic carboxylic acids is 1. The van der Waals surface area contributed by atoms with E-state index in [1.165, 1.54) is 4.31 Å². The number of carbonyl (C=O) groups is 1. The van der Waals surface area contributed by atoms with Gasteiger partial charge in [0.05, 0.1) is 5.92 Å². The summed E-state index contributed by atoms with van der Waals surface area (Å²) < 4.78 is 28.4. The van der Waals surface area contributed by atoms with Crippen molar-refractivity contribution >= 4 is 16.2 Å². The summed E-state index contributed by atoms with van der Waals surface area (Å²) >= 11 is 0. The van der Waals surface area contributed by atoms with E-state index in [9.17, 15) is 13.2 Å². The highest BCUT2D eigenvalue weighted by molar-refractivity contribution is 7.87. The van der Waals surface area contributed by atoms with Crippen molar-refractivity contribution in [2.24, 2.45) is 5.92 Å². The van der Waals surface area contributed by atoms with Gasteiger partial charge in [0, 0.05) is 19.1 Å². The minimum Gasteiger partial charge on any atom is -0.481 e. The quantitative estimate of drug-likeness (QED) is 0.738. The van der Waals surface area contributed by atoms with E-state index in [0.717, 1.165) is 19.3 Å². The molecule has 1 aliphatic rings. The number of nitrogens with zero attached hydrogens (tertiary/aromatic N) is 1. The maximum Gasteiger partial charge on any atom is 0.306 e. The molecule has 0 bridgehead atoms. The van der Waals surface area contributed by atoms with Crippen LogP contribution in [0.3, 0.4) is 0 Å². The molecule has 19 heavy (non-hydrogen) atoms. The third kappa shape index (κ3) is 4.74. The Hall–Kier alpha value is -0.660. The highest BCUT2D eigenvalue weighted by Gasteiger charge is 2.31. The van der Waals surface area contributed by atoms with Crippen molar-refractivity contribution in [2.75, 3.05) is 13.1 Å². The summed E-state index contributed by atoms with van der Waals surface area (Å²) in [6.07, 6.45) is 3.30. The van der Waals surface area contributed by atoms with Crippen LogP contribution in [0.5, 0.6) is 0 Å². The third-order valence-electron chi connectivity index (χ3n) is 3.59. The van der Waals surface area contributed by atoms with E-state index in [1.54, 1.807) is 0 Å².